The standard InChI is InChI=1S/C10H12Cl2N2O2/c1-6(5-15)13-10(16)14-7-2-3-8(11)9(12)4-7/h2-4,6,15H,5H2,1H3,(H2,13,14,16)/t6-/m0/s1. The Morgan fingerprint density at radius 1 is 1.44 bits per heavy atom. The third-order valence-electron chi connectivity index (χ3n) is 1.83. The normalized spacial score (nSPS) is 12.0. The fourth-order valence-corrected chi connectivity index (χ4v) is 1.31. The number of hydrogen-bond acceptors (Lipinski definition) is 2. The van der Waals surface area contributed by atoms with Crippen LogP contribution < -0.4 is 10.6 Å². The summed E-state index contributed by atoms with van der Waals surface area (Å²) < 4.78 is 0. The van der Waals surface area contributed by atoms with E-state index in [-0.39, 0.29) is 12.6 Å². The summed E-state index contributed by atoms with van der Waals surface area (Å²) in [7, 11) is 0. The molecule has 16 heavy (non-hydrogen) atoms. The van der Waals surface area contributed by atoms with Crippen LogP contribution in [0, 0.1) is 0 Å². The molecule has 2 amide bonds. The first-order chi connectivity index (χ1) is 7.52. The van der Waals surface area contributed by atoms with Crippen molar-refractivity contribution >= 4 is 34.9 Å². The fourth-order valence-electron chi connectivity index (χ4n) is 1.01. The van der Waals surface area contributed by atoms with Crippen molar-refractivity contribution < 1.29 is 9.90 Å². The third-order valence-corrected chi connectivity index (χ3v) is 2.57. The molecule has 0 aromatic heterocycles. The minimum absolute atomic E-state index is 0.116. The predicted octanol–water partition coefficient (Wildman–Crippen LogP) is 2.50. The van der Waals surface area contributed by atoms with Crippen molar-refractivity contribution in [3.8, 4) is 0 Å². The number of urea groups is 1. The van der Waals surface area contributed by atoms with Crippen LogP contribution in [0.3, 0.4) is 0 Å². The molecule has 88 valence electrons. The van der Waals surface area contributed by atoms with E-state index in [0.29, 0.717) is 15.7 Å². The Kier molecular flexibility index (Phi) is 4.86. The summed E-state index contributed by atoms with van der Waals surface area (Å²) in [4.78, 5) is 11.4. The molecular weight excluding hydrogens is 251 g/mol. The zero-order chi connectivity index (χ0) is 12.1. The Bertz CT molecular complexity index is 385. The molecule has 0 saturated carbocycles. The average molecular weight is 263 g/mol. The first-order valence-corrected chi connectivity index (χ1v) is 5.42. The summed E-state index contributed by atoms with van der Waals surface area (Å²) in [6.45, 7) is 1.57. The average Bonchev–Trinajstić information content (AvgIpc) is 2.23. The summed E-state index contributed by atoms with van der Waals surface area (Å²) in [5.74, 6) is 0. The maximum Gasteiger partial charge on any atom is 0.319 e. The van der Waals surface area contributed by atoms with Crippen LogP contribution >= 0.6 is 23.2 Å². The first-order valence-electron chi connectivity index (χ1n) is 4.66. The highest BCUT2D eigenvalue weighted by atomic mass is 35.5. The van der Waals surface area contributed by atoms with Gasteiger partial charge in [-0.2, -0.15) is 0 Å². The SMILES string of the molecule is C[C@@H](CO)NC(=O)Nc1ccc(Cl)c(Cl)c1. The van der Waals surface area contributed by atoms with Crippen LogP contribution in [0.4, 0.5) is 10.5 Å². The summed E-state index contributed by atoms with van der Waals surface area (Å²) in [6, 6.07) is 4.07. The van der Waals surface area contributed by atoms with E-state index in [2.05, 4.69) is 10.6 Å². The van der Waals surface area contributed by atoms with Crippen LogP contribution in [0.5, 0.6) is 0 Å². The highest BCUT2D eigenvalue weighted by Gasteiger charge is 2.06. The minimum Gasteiger partial charge on any atom is -0.394 e. The third kappa shape index (κ3) is 3.89. The van der Waals surface area contributed by atoms with Crippen molar-refractivity contribution in [2.75, 3.05) is 11.9 Å². The van der Waals surface area contributed by atoms with Gasteiger partial charge in [-0.3, -0.25) is 0 Å². The van der Waals surface area contributed by atoms with Gasteiger partial charge in [0.05, 0.1) is 22.7 Å². The lowest BCUT2D eigenvalue weighted by atomic mass is 10.3. The molecule has 1 aromatic carbocycles. The molecule has 6 heteroatoms. The molecule has 0 aliphatic heterocycles. The molecule has 1 aromatic rings. The largest absolute Gasteiger partial charge is 0.394 e. The fraction of sp³-hybridized carbons (Fsp3) is 0.300. The van der Waals surface area contributed by atoms with E-state index in [1.54, 1.807) is 25.1 Å². The van der Waals surface area contributed by atoms with Crippen molar-refractivity contribution in [3.63, 3.8) is 0 Å². The van der Waals surface area contributed by atoms with Gasteiger partial charge in [-0.15, -0.1) is 0 Å². The topological polar surface area (TPSA) is 61.4 Å². The molecule has 0 aliphatic rings. The zero-order valence-corrected chi connectivity index (χ0v) is 10.1. The maximum atomic E-state index is 11.4. The van der Waals surface area contributed by atoms with Crippen molar-refractivity contribution in [2.45, 2.75) is 13.0 Å². The van der Waals surface area contributed by atoms with Crippen LogP contribution in [-0.4, -0.2) is 23.8 Å². The molecule has 0 spiro atoms. The van der Waals surface area contributed by atoms with E-state index in [9.17, 15) is 4.79 Å². The summed E-state index contributed by atoms with van der Waals surface area (Å²) >= 11 is 11.5. The number of rotatable bonds is 3. The van der Waals surface area contributed by atoms with Gasteiger partial charge in [0, 0.05) is 5.69 Å². The number of amides is 2. The summed E-state index contributed by atoms with van der Waals surface area (Å²) in [5.41, 5.74) is 0.539. The number of anilines is 1. The molecule has 0 heterocycles. The van der Waals surface area contributed by atoms with Crippen LogP contribution in [0.15, 0.2) is 18.2 Å². The smallest absolute Gasteiger partial charge is 0.319 e. The molecule has 0 fully saturated rings. The second kappa shape index (κ2) is 5.94. The molecular formula is C10H12Cl2N2O2. The molecule has 0 radical (unpaired) electrons. The lowest BCUT2D eigenvalue weighted by molar-refractivity contribution is 0.229. The van der Waals surface area contributed by atoms with E-state index < -0.39 is 6.03 Å². The van der Waals surface area contributed by atoms with E-state index >= 15 is 0 Å². The van der Waals surface area contributed by atoms with Gasteiger partial charge in [0.15, 0.2) is 0 Å². The molecule has 0 unspecified atom stereocenters. The summed E-state index contributed by atoms with van der Waals surface area (Å²) in [5, 5.41) is 14.7. The number of halogens is 2. The number of nitrogens with one attached hydrogen (secondary N) is 2. The number of benzene rings is 1. The van der Waals surface area contributed by atoms with Gasteiger partial charge < -0.3 is 15.7 Å². The van der Waals surface area contributed by atoms with Crippen LogP contribution in [0.1, 0.15) is 6.92 Å². The van der Waals surface area contributed by atoms with E-state index in [1.165, 1.54) is 0 Å². The predicted molar refractivity (Wildman–Crippen MR) is 65.2 cm³/mol. The van der Waals surface area contributed by atoms with Gasteiger partial charge in [-0.1, -0.05) is 23.2 Å². The molecule has 0 saturated heterocycles. The quantitative estimate of drug-likeness (QED) is 0.784. The minimum atomic E-state index is -0.403. The molecule has 4 nitrogen and oxygen atoms in total. The van der Waals surface area contributed by atoms with Crippen molar-refractivity contribution in [1.82, 2.24) is 5.32 Å². The Morgan fingerprint density at radius 3 is 2.69 bits per heavy atom. The van der Waals surface area contributed by atoms with Crippen molar-refractivity contribution in [3.05, 3.63) is 28.2 Å². The van der Waals surface area contributed by atoms with Gasteiger partial charge in [0.25, 0.3) is 0 Å². The molecule has 0 aliphatic carbocycles. The van der Waals surface area contributed by atoms with Gasteiger partial charge in [-0.25, -0.2) is 4.79 Å². The van der Waals surface area contributed by atoms with Gasteiger partial charge in [0.1, 0.15) is 0 Å². The van der Waals surface area contributed by atoms with Crippen LogP contribution in [0.2, 0.25) is 10.0 Å². The zero-order valence-electron chi connectivity index (χ0n) is 8.63. The van der Waals surface area contributed by atoms with E-state index in [4.69, 9.17) is 28.3 Å². The van der Waals surface area contributed by atoms with E-state index in [0.717, 1.165) is 0 Å². The molecule has 3 N–H and O–H groups in total. The monoisotopic (exact) mass is 262 g/mol. The Labute approximate surface area is 104 Å². The second-order valence-electron chi connectivity index (χ2n) is 3.31. The maximum absolute atomic E-state index is 11.4. The second-order valence-corrected chi connectivity index (χ2v) is 4.13. The number of carbonyl (C=O) groups excluding carboxylic acids is 1. The number of aliphatic hydroxyl groups is 1. The number of aliphatic hydroxyl groups excluding tert-OH is 1. The van der Waals surface area contributed by atoms with Crippen molar-refractivity contribution in [1.29, 1.82) is 0 Å². The molecule has 1 rings (SSSR count). The number of hydrogen-bond donors (Lipinski definition) is 3. The lowest BCUT2D eigenvalue weighted by Gasteiger charge is -2.12. The lowest BCUT2D eigenvalue weighted by Crippen LogP contribution is -2.38. The van der Waals surface area contributed by atoms with Gasteiger partial charge >= 0.3 is 6.03 Å². The molecule has 0 bridgehead atoms. The first kappa shape index (κ1) is 13.1. The van der Waals surface area contributed by atoms with Crippen molar-refractivity contribution in [2.24, 2.45) is 0 Å². The Balaban J connectivity index is 2.59. The van der Waals surface area contributed by atoms with Crippen LogP contribution in [-0.2, 0) is 0 Å². The molecule has 1 atom stereocenters. The Morgan fingerprint density at radius 2 is 2.12 bits per heavy atom. The number of carbonyl (C=O) groups is 1. The highest BCUT2D eigenvalue weighted by molar-refractivity contribution is 6.42. The Hall–Kier alpha value is -0.970. The van der Waals surface area contributed by atoms with Gasteiger partial charge in [0.2, 0.25) is 0 Å². The summed E-state index contributed by atoms with van der Waals surface area (Å²) in [6.07, 6.45) is 0. The van der Waals surface area contributed by atoms with Gasteiger partial charge in [-0.05, 0) is 25.1 Å². The van der Waals surface area contributed by atoms with E-state index in [1.807, 2.05) is 0 Å². The van der Waals surface area contributed by atoms with Crippen LogP contribution in [0.25, 0.3) is 0 Å². The highest BCUT2D eigenvalue weighted by Crippen LogP contribution is 2.24.